The number of ether oxygens (including phenoxy) is 1. The van der Waals surface area contributed by atoms with Crippen molar-refractivity contribution in [1.82, 2.24) is 15.0 Å². The maximum Gasteiger partial charge on any atom is 0.321 e. The first-order valence-electron chi connectivity index (χ1n) is 9.32. The number of piperidine rings is 1. The van der Waals surface area contributed by atoms with E-state index < -0.39 is 0 Å². The molecule has 0 radical (unpaired) electrons. The molecule has 1 aliphatic heterocycles. The monoisotopic (exact) mass is 378 g/mol. The van der Waals surface area contributed by atoms with Gasteiger partial charge in [-0.05, 0) is 37.1 Å². The van der Waals surface area contributed by atoms with Crippen LogP contribution in [0.4, 0.5) is 10.5 Å². The van der Waals surface area contributed by atoms with E-state index in [1.165, 1.54) is 0 Å². The van der Waals surface area contributed by atoms with E-state index in [1.807, 2.05) is 54.6 Å². The molecule has 0 aliphatic carbocycles. The molecule has 2 amide bonds. The van der Waals surface area contributed by atoms with E-state index in [9.17, 15) is 4.79 Å². The number of carbonyl (C=O) groups is 1. The number of benzene rings is 2. The fourth-order valence-corrected chi connectivity index (χ4v) is 3.37. The van der Waals surface area contributed by atoms with E-state index in [0.29, 0.717) is 24.8 Å². The van der Waals surface area contributed by atoms with Gasteiger partial charge in [0, 0.05) is 24.3 Å². The minimum atomic E-state index is -0.108. The Hall–Kier alpha value is -3.35. The number of carbonyl (C=O) groups excluding carboxylic acids is 1. The van der Waals surface area contributed by atoms with Crippen LogP contribution in [0.15, 0.2) is 59.1 Å². The topological polar surface area (TPSA) is 80.5 Å². The molecular weight excluding hydrogens is 356 g/mol. The molecule has 1 unspecified atom stereocenters. The summed E-state index contributed by atoms with van der Waals surface area (Å²) in [6, 6.07) is 16.9. The van der Waals surface area contributed by atoms with Gasteiger partial charge in [-0.1, -0.05) is 35.5 Å². The van der Waals surface area contributed by atoms with Crippen LogP contribution in [0.2, 0.25) is 0 Å². The molecule has 1 fully saturated rings. The second kappa shape index (κ2) is 8.12. The zero-order valence-corrected chi connectivity index (χ0v) is 15.7. The number of aromatic nitrogens is 2. The highest BCUT2D eigenvalue weighted by Crippen LogP contribution is 2.28. The van der Waals surface area contributed by atoms with Crippen molar-refractivity contribution < 1.29 is 14.1 Å². The Morgan fingerprint density at radius 2 is 2.07 bits per heavy atom. The summed E-state index contributed by atoms with van der Waals surface area (Å²) in [5.74, 6) is 1.86. The Balaban J connectivity index is 1.45. The first-order valence-corrected chi connectivity index (χ1v) is 9.32. The third-order valence-electron chi connectivity index (χ3n) is 4.85. The summed E-state index contributed by atoms with van der Waals surface area (Å²) in [5, 5.41) is 7.05. The Morgan fingerprint density at radius 3 is 2.89 bits per heavy atom. The maximum atomic E-state index is 12.6. The highest BCUT2D eigenvalue weighted by molar-refractivity contribution is 5.89. The summed E-state index contributed by atoms with van der Waals surface area (Å²) in [5.41, 5.74) is 1.62. The van der Waals surface area contributed by atoms with Crippen molar-refractivity contribution in [3.8, 4) is 17.1 Å². The van der Waals surface area contributed by atoms with Gasteiger partial charge in [0.2, 0.25) is 11.7 Å². The summed E-state index contributed by atoms with van der Waals surface area (Å²) in [6.45, 7) is 1.27. The van der Waals surface area contributed by atoms with Crippen LogP contribution in [0.1, 0.15) is 24.7 Å². The summed E-state index contributed by atoms with van der Waals surface area (Å²) in [4.78, 5) is 18.9. The zero-order chi connectivity index (χ0) is 19.3. The van der Waals surface area contributed by atoms with Gasteiger partial charge in [-0.25, -0.2) is 4.79 Å². The van der Waals surface area contributed by atoms with Gasteiger partial charge >= 0.3 is 6.03 Å². The first-order chi connectivity index (χ1) is 13.7. The largest absolute Gasteiger partial charge is 0.497 e. The fourth-order valence-electron chi connectivity index (χ4n) is 3.37. The zero-order valence-electron chi connectivity index (χ0n) is 15.7. The Labute approximate surface area is 163 Å². The quantitative estimate of drug-likeness (QED) is 0.737. The highest BCUT2D eigenvalue weighted by Gasteiger charge is 2.28. The van der Waals surface area contributed by atoms with Gasteiger partial charge in [0.1, 0.15) is 5.75 Å². The fraction of sp³-hybridized carbons (Fsp3) is 0.286. The molecule has 1 aliphatic rings. The normalized spacial score (nSPS) is 16.6. The lowest BCUT2D eigenvalue weighted by Gasteiger charge is -2.31. The van der Waals surface area contributed by atoms with Crippen molar-refractivity contribution in [2.45, 2.75) is 18.8 Å². The van der Waals surface area contributed by atoms with Crippen LogP contribution in [0.3, 0.4) is 0 Å². The number of anilines is 1. The Bertz CT molecular complexity index is 942. The third kappa shape index (κ3) is 3.98. The maximum absolute atomic E-state index is 12.6. The summed E-state index contributed by atoms with van der Waals surface area (Å²) in [7, 11) is 1.62. The SMILES string of the molecule is COc1cccc(-c2noc(C3CCCN(C(=O)Nc4ccccc4)C3)n2)c1. The summed E-state index contributed by atoms with van der Waals surface area (Å²) < 4.78 is 10.8. The van der Waals surface area contributed by atoms with Crippen molar-refractivity contribution in [2.24, 2.45) is 0 Å². The van der Waals surface area contributed by atoms with Crippen LogP contribution in [0.25, 0.3) is 11.4 Å². The molecule has 144 valence electrons. The van der Waals surface area contributed by atoms with Crippen LogP contribution >= 0.6 is 0 Å². The molecule has 0 bridgehead atoms. The van der Waals surface area contributed by atoms with Crippen molar-refractivity contribution in [1.29, 1.82) is 0 Å². The summed E-state index contributed by atoms with van der Waals surface area (Å²) in [6.07, 6.45) is 1.80. The second-order valence-electron chi connectivity index (χ2n) is 6.77. The van der Waals surface area contributed by atoms with Gasteiger partial charge in [-0.15, -0.1) is 0 Å². The number of likely N-dealkylation sites (tertiary alicyclic amines) is 1. The average Bonchev–Trinajstić information content (AvgIpc) is 3.25. The van der Waals surface area contributed by atoms with E-state index in [-0.39, 0.29) is 11.9 Å². The summed E-state index contributed by atoms with van der Waals surface area (Å²) >= 11 is 0. The van der Waals surface area contributed by atoms with Gasteiger partial charge < -0.3 is 19.5 Å². The number of hydrogen-bond donors (Lipinski definition) is 1. The number of amides is 2. The Morgan fingerprint density at radius 1 is 1.21 bits per heavy atom. The molecule has 1 aromatic heterocycles. The molecular formula is C21H22N4O3. The Kier molecular flexibility index (Phi) is 5.23. The van der Waals surface area contributed by atoms with Gasteiger partial charge in [0.25, 0.3) is 0 Å². The molecule has 1 saturated heterocycles. The number of nitrogens with zero attached hydrogens (tertiary/aromatic N) is 3. The van der Waals surface area contributed by atoms with Crippen LogP contribution in [0.5, 0.6) is 5.75 Å². The molecule has 0 saturated carbocycles. The number of para-hydroxylation sites is 1. The lowest BCUT2D eigenvalue weighted by atomic mass is 9.98. The van der Waals surface area contributed by atoms with Crippen LogP contribution < -0.4 is 10.1 Å². The van der Waals surface area contributed by atoms with Gasteiger partial charge in [0.05, 0.1) is 13.0 Å². The number of methoxy groups -OCH3 is 1. The van der Waals surface area contributed by atoms with Crippen molar-refractivity contribution in [2.75, 3.05) is 25.5 Å². The van der Waals surface area contributed by atoms with E-state index in [0.717, 1.165) is 29.8 Å². The third-order valence-corrected chi connectivity index (χ3v) is 4.85. The first kappa shape index (κ1) is 18.0. The van der Waals surface area contributed by atoms with E-state index in [4.69, 9.17) is 9.26 Å². The second-order valence-corrected chi connectivity index (χ2v) is 6.77. The highest BCUT2D eigenvalue weighted by atomic mass is 16.5. The molecule has 1 atom stereocenters. The van der Waals surface area contributed by atoms with E-state index in [1.54, 1.807) is 12.0 Å². The van der Waals surface area contributed by atoms with Crippen molar-refractivity contribution >= 4 is 11.7 Å². The van der Waals surface area contributed by atoms with Gasteiger partial charge in [0.15, 0.2) is 0 Å². The molecule has 28 heavy (non-hydrogen) atoms. The van der Waals surface area contributed by atoms with E-state index in [2.05, 4.69) is 15.5 Å². The smallest absolute Gasteiger partial charge is 0.321 e. The predicted octanol–water partition coefficient (Wildman–Crippen LogP) is 4.16. The van der Waals surface area contributed by atoms with E-state index >= 15 is 0 Å². The molecule has 7 heteroatoms. The molecule has 0 spiro atoms. The predicted molar refractivity (Wildman–Crippen MR) is 105 cm³/mol. The lowest BCUT2D eigenvalue weighted by Crippen LogP contribution is -2.41. The minimum absolute atomic E-state index is 0.0298. The number of urea groups is 1. The molecule has 2 heterocycles. The van der Waals surface area contributed by atoms with Crippen molar-refractivity contribution in [3.63, 3.8) is 0 Å². The number of hydrogen-bond acceptors (Lipinski definition) is 5. The standard InChI is InChI=1S/C21H22N4O3/c1-27-18-11-5-7-15(13-18)19-23-20(28-24-19)16-8-6-12-25(14-16)21(26)22-17-9-3-2-4-10-17/h2-5,7,9-11,13,16H,6,8,12,14H2,1H3,(H,22,26). The minimum Gasteiger partial charge on any atom is -0.497 e. The van der Waals surface area contributed by atoms with Crippen LogP contribution in [-0.2, 0) is 0 Å². The number of nitrogens with one attached hydrogen (secondary N) is 1. The van der Waals surface area contributed by atoms with Crippen LogP contribution in [-0.4, -0.2) is 41.3 Å². The molecule has 2 aromatic carbocycles. The number of rotatable bonds is 4. The molecule has 1 N–H and O–H groups in total. The molecule has 4 rings (SSSR count). The van der Waals surface area contributed by atoms with Crippen LogP contribution in [0, 0.1) is 0 Å². The average molecular weight is 378 g/mol. The van der Waals surface area contributed by atoms with Gasteiger partial charge in [-0.3, -0.25) is 0 Å². The lowest BCUT2D eigenvalue weighted by molar-refractivity contribution is 0.184. The van der Waals surface area contributed by atoms with Crippen molar-refractivity contribution in [3.05, 3.63) is 60.5 Å². The molecule has 7 nitrogen and oxygen atoms in total. The van der Waals surface area contributed by atoms with Gasteiger partial charge in [-0.2, -0.15) is 4.98 Å². The molecule has 3 aromatic rings.